The van der Waals surface area contributed by atoms with Gasteiger partial charge in [-0.05, 0) is 36.9 Å². The summed E-state index contributed by atoms with van der Waals surface area (Å²) in [6, 6.07) is 8.10. The predicted octanol–water partition coefficient (Wildman–Crippen LogP) is 4.58. The van der Waals surface area contributed by atoms with Crippen molar-refractivity contribution in [1.82, 2.24) is 9.97 Å². The molecule has 0 N–H and O–H groups in total. The quantitative estimate of drug-likeness (QED) is 0.656. The van der Waals surface area contributed by atoms with Crippen LogP contribution in [0, 0.1) is 25.2 Å². The first-order valence-corrected chi connectivity index (χ1v) is 8.53. The van der Waals surface area contributed by atoms with E-state index in [-0.39, 0.29) is 0 Å². The van der Waals surface area contributed by atoms with Gasteiger partial charge < -0.3 is 4.42 Å². The predicted molar refractivity (Wildman–Crippen MR) is 87.8 cm³/mol. The zero-order valence-corrected chi connectivity index (χ0v) is 13.8. The third-order valence-corrected chi connectivity index (χ3v) is 4.93. The lowest BCUT2D eigenvalue weighted by Crippen LogP contribution is -1.94. The topological polar surface area (TPSA) is 62.7 Å². The Balaban J connectivity index is 1.78. The number of thioether (sulfide) groups is 1. The first kappa shape index (κ1) is 14.8. The summed E-state index contributed by atoms with van der Waals surface area (Å²) in [7, 11) is 0. The van der Waals surface area contributed by atoms with Crippen molar-refractivity contribution in [3.05, 3.63) is 52.4 Å². The molecule has 0 atom stereocenters. The summed E-state index contributed by atoms with van der Waals surface area (Å²) in [5.41, 5.74) is 3.35. The smallest absolute Gasteiger partial charge is 0.236 e. The molecule has 0 saturated carbocycles. The van der Waals surface area contributed by atoms with Crippen LogP contribution >= 0.6 is 23.1 Å². The minimum Gasteiger partial charge on any atom is -0.444 e. The van der Waals surface area contributed by atoms with Crippen LogP contribution in [0.25, 0.3) is 10.8 Å². The molecule has 110 valence electrons. The van der Waals surface area contributed by atoms with Gasteiger partial charge in [0.1, 0.15) is 17.4 Å². The SMILES string of the molecule is Cc1cc(C)c(C#N)c(SCc2coc(-c3cccs3)n2)n1. The van der Waals surface area contributed by atoms with Gasteiger partial charge >= 0.3 is 0 Å². The Morgan fingerprint density at radius 3 is 2.95 bits per heavy atom. The number of hydrogen-bond donors (Lipinski definition) is 0. The molecule has 0 aromatic carbocycles. The van der Waals surface area contributed by atoms with E-state index in [4.69, 9.17) is 4.42 Å². The Morgan fingerprint density at radius 1 is 1.36 bits per heavy atom. The van der Waals surface area contributed by atoms with Gasteiger partial charge in [-0.25, -0.2) is 9.97 Å². The van der Waals surface area contributed by atoms with Gasteiger partial charge in [0.05, 0.1) is 16.1 Å². The largest absolute Gasteiger partial charge is 0.444 e. The van der Waals surface area contributed by atoms with E-state index in [0.29, 0.717) is 17.2 Å². The van der Waals surface area contributed by atoms with Gasteiger partial charge in [-0.2, -0.15) is 5.26 Å². The van der Waals surface area contributed by atoms with Gasteiger partial charge in [0.15, 0.2) is 0 Å². The van der Waals surface area contributed by atoms with E-state index in [1.165, 1.54) is 11.8 Å². The molecule has 0 fully saturated rings. The Hall–Kier alpha value is -2.10. The van der Waals surface area contributed by atoms with Crippen LogP contribution in [0.15, 0.2) is 39.3 Å². The van der Waals surface area contributed by atoms with E-state index < -0.39 is 0 Å². The van der Waals surface area contributed by atoms with Gasteiger partial charge in [0.2, 0.25) is 5.89 Å². The average Bonchev–Trinajstić information content (AvgIpc) is 3.15. The fraction of sp³-hybridized carbons (Fsp3) is 0.188. The number of aromatic nitrogens is 2. The molecule has 0 aliphatic carbocycles. The summed E-state index contributed by atoms with van der Waals surface area (Å²) >= 11 is 3.11. The molecule has 22 heavy (non-hydrogen) atoms. The van der Waals surface area contributed by atoms with Crippen molar-refractivity contribution < 1.29 is 4.42 Å². The molecule has 0 unspecified atom stereocenters. The third kappa shape index (κ3) is 3.06. The number of pyridine rings is 1. The summed E-state index contributed by atoms with van der Waals surface area (Å²) in [5.74, 6) is 1.26. The lowest BCUT2D eigenvalue weighted by Gasteiger charge is -2.06. The minimum absolute atomic E-state index is 0.624. The highest BCUT2D eigenvalue weighted by Gasteiger charge is 2.12. The summed E-state index contributed by atoms with van der Waals surface area (Å²) in [6.45, 7) is 3.87. The number of rotatable bonds is 4. The summed E-state index contributed by atoms with van der Waals surface area (Å²) in [5, 5.41) is 12.0. The molecule has 3 aromatic rings. The first-order chi connectivity index (χ1) is 10.7. The van der Waals surface area contributed by atoms with Crippen molar-refractivity contribution in [2.75, 3.05) is 0 Å². The summed E-state index contributed by atoms with van der Waals surface area (Å²) < 4.78 is 5.50. The maximum atomic E-state index is 9.28. The molecule has 0 bridgehead atoms. The Labute approximate surface area is 136 Å². The first-order valence-electron chi connectivity index (χ1n) is 6.67. The monoisotopic (exact) mass is 327 g/mol. The standard InChI is InChI=1S/C16H13N3OS2/c1-10-6-11(2)18-16(13(10)7-17)22-9-12-8-20-15(19-12)14-4-3-5-21-14/h3-6,8H,9H2,1-2H3. The van der Waals surface area contributed by atoms with E-state index >= 15 is 0 Å². The molecule has 0 amide bonds. The third-order valence-electron chi connectivity index (χ3n) is 3.06. The zero-order chi connectivity index (χ0) is 15.5. The maximum Gasteiger partial charge on any atom is 0.236 e. The van der Waals surface area contributed by atoms with Crippen molar-refractivity contribution in [3.63, 3.8) is 0 Å². The van der Waals surface area contributed by atoms with Crippen molar-refractivity contribution >= 4 is 23.1 Å². The van der Waals surface area contributed by atoms with Crippen LogP contribution in [0.3, 0.4) is 0 Å². The molecule has 0 aliphatic rings. The number of oxazole rings is 1. The van der Waals surface area contributed by atoms with Crippen molar-refractivity contribution in [3.8, 4) is 16.8 Å². The fourth-order valence-electron chi connectivity index (χ4n) is 2.07. The molecule has 0 spiro atoms. The fourth-order valence-corrected chi connectivity index (χ4v) is 3.70. The van der Waals surface area contributed by atoms with Crippen LogP contribution in [0.4, 0.5) is 0 Å². The number of aryl methyl sites for hydroxylation is 2. The molecule has 3 aromatic heterocycles. The Bertz CT molecular complexity index is 832. The second-order valence-electron chi connectivity index (χ2n) is 4.78. The highest BCUT2D eigenvalue weighted by molar-refractivity contribution is 7.98. The van der Waals surface area contributed by atoms with Crippen LogP contribution in [-0.4, -0.2) is 9.97 Å². The average molecular weight is 327 g/mol. The molecular formula is C16H13N3OS2. The lowest BCUT2D eigenvalue weighted by atomic mass is 10.1. The number of thiophene rings is 1. The van der Waals surface area contributed by atoms with Gasteiger partial charge in [0.25, 0.3) is 0 Å². The summed E-state index contributed by atoms with van der Waals surface area (Å²) in [6.07, 6.45) is 1.66. The van der Waals surface area contributed by atoms with Crippen LogP contribution in [0.5, 0.6) is 0 Å². The molecule has 3 rings (SSSR count). The molecule has 0 saturated heterocycles. The molecule has 0 radical (unpaired) electrons. The van der Waals surface area contributed by atoms with Crippen LogP contribution in [0.2, 0.25) is 0 Å². The van der Waals surface area contributed by atoms with E-state index in [9.17, 15) is 5.26 Å². The normalized spacial score (nSPS) is 10.6. The minimum atomic E-state index is 0.624. The van der Waals surface area contributed by atoms with E-state index in [0.717, 1.165) is 26.9 Å². The van der Waals surface area contributed by atoms with E-state index in [1.54, 1.807) is 17.6 Å². The van der Waals surface area contributed by atoms with Gasteiger partial charge in [-0.1, -0.05) is 17.8 Å². The van der Waals surface area contributed by atoms with Crippen LogP contribution in [-0.2, 0) is 5.75 Å². The molecule has 0 aliphatic heterocycles. The van der Waals surface area contributed by atoms with Crippen molar-refractivity contribution in [1.29, 1.82) is 5.26 Å². The van der Waals surface area contributed by atoms with Crippen molar-refractivity contribution in [2.24, 2.45) is 0 Å². The molecule has 6 heteroatoms. The Morgan fingerprint density at radius 2 is 2.23 bits per heavy atom. The van der Waals surface area contributed by atoms with Crippen LogP contribution in [0.1, 0.15) is 22.5 Å². The number of nitrogens with zero attached hydrogens (tertiary/aromatic N) is 3. The highest BCUT2D eigenvalue weighted by atomic mass is 32.2. The summed E-state index contributed by atoms with van der Waals surface area (Å²) in [4.78, 5) is 9.95. The van der Waals surface area contributed by atoms with Crippen molar-refractivity contribution in [2.45, 2.75) is 24.6 Å². The number of hydrogen-bond acceptors (Lipinski definition) is 6. The van der Waals surface area contributed by atoms with Crippen LogP contribution < -0.4 is 0 Å². The van der Waals surface area contributed by atoms with E-state index in [1.807, 2.05) is 37.4 Å². The highest BCUT2D eigenvalue weighted by Crippen LogP contribution is 2.29. The lowest BCUT2D eigenvalue weighted by molar-refractivity contribution is 0.575. The number of nitriles is 1. The second-order valence-corrected chi connectivity index (χ2v) is 6.69. The molecular weight excluding hydrogens is 314 g/mol. The van der Waals surface area contributed by atoms with E-state index in [2.05, 4.69) is 16.0 Å². The molecule has 3 heterocycles. The Kier molecular flexibility index (Phi) is 4.27. The zero-order valence-electron chi connectivity index (χ0n) is 12.2. The van der Waals surface area contributed by atoms with Gasteiger partial charge in [0, 0.05) is 11.4 Å². The molecule has 4 nitrogen and oxygen atoms in total. The van der Waals surface area contributed by atoms with Gasteiger partial charge in [-0.3, -0.25) is 0 Å². The maximum absolute atomic E-state index is 9.28. The second kappa shape index (κ2) is 6.34. The van der Waals surface area contributed by atoms with Gasteiger partial charge in [-0.15, -0.1) is 11.3 Å².